The van der Waals surface area contributed by atoms with E-state index in [1.165, 1.54) is 109 Å². The molecule has 0 aliphatic heterocycles. The molecule has 0 fully saturated rings. The van der Waals surface area contributed by atoms with Crippen molar-refractivity contribution >= 4 is 81.1 Å². The molecule has 302 valence electrons. The van der Waals surface area contributed by atoms with Gasteiger partial charge in [-0.05, 0) is 98.8 Å². The van der Waals surface area contributed by atoms with Crippen LogP contribution in [0, 0.1) is 0 Å². The fourth-order valence-electron chi connectivity index (χ4n) is 10.7. The Hall–Kier alpha value is -7.72. The zero-order valence-electron chi connectivity index (χ0n) is 35.6. The Labute approximate surface area is 376 Å². The summed E-state index contributed by atoms with van der Waals surface area (Å²) >= 11 is 1.90. The third-order valence-corrected chi connectivity index (χ3v) is 15.0. The van der Waals surface area contributed by atoms with Crippen molar-refractivity contribution in [2.24, 2.45) is 0 Å². The molecule has 12 aromatic rings. The number of benzene rings is 10. The highest BCUT2D eigenvalue weighted by Crippen LogP contribution is 2.54. The maximum Gasteiger partial charge on any atom is 0.0543 e. The maximum atomic E-state index is 2.46. The third-order valence-electron chi connectivity index (χ3n) is 13.8. The average Bonchev–Trinajstić information content (AvgIpc) is 3.98. The highest BCUT2D eigenvalue weighted by Gasteiger charge is 2.37. The molecule has 0 atom stereocenters. The molecule has 0 saturated carbocycles. The lowest BCUT2D eigenvalue weighted by Gasteiger charge is -2.29. The Balaban J connectivity index is 0.937. The summed E-state index contributed by atoms with van der Waals surface area (Å²) < 4.78 is 5.10. The van der Waals surface area contributed by atoms with Gasteiger partial charge in [-0.3, -0.25) is 0 Å². The maximum absolute atomic E-state index is 2.46. The monoisotopic (exact) mass is 834 g/mol. The summed E-state index contributed by atoms with van der Waals surface area (Å²) in [4.78, 5) is 2.46. The molecule has 10 aromatic carbocycles. The molecule has 0 unspecified atom stereocenters. The van der Waals surface area contributed by atoms with E-state index in [0.29, 0.717) is 0 Å². The largest absolute Gasteiger partial charge is 0.310 e. The molecular weight excluding hydrogens is 793 g/mol. The molecule has 0 N–H and O–H groups in total. The molecule has 0 amide bonds. The molecular formula is C61H42N2S. The van der Waals surface area contributed by atoms with Crippen LogP contribution in [0.1, 0.15) is 25.0 Å². The zero-order chi connectivity index (χ0) is 42.5. The van der Waals surface area contributed by atoms with Gasteiger partial charge in [-0.25, -0.2) is 0 Å². The summed E-state index contributed by atoms with van der Waals surface area (Å²) in [5, 5.41) is 7.79. The van der Waals surface area contributed by atoms with Crippen molar-refractivity contribution in [1.29, 1.82) is 0 Å². The topological polar surface area (TPSA) is 8.17 Å². The smallest absolute Gasteiger partial charge is 0.0543 e. The molecule has 0 saturated heterocycles. The van der Waals surface area contributed by atoms with Gasteiger partial charge < -0.3 is 9.47 Å². The van der Waals surface area contributed by atoms with E-state index in [2.05, 4.69) is 242 Å². The minimum atomic E-state index is -0.116. The number of rotatable bonds is 6. The number of hydrogen-bond acceptors (Lipinski definition) is 2. The molecule has 0 radical (unpaired) electrons. The van der Waals surface area contributed by atoms with Crippen LogP contribution in [0.4, 0.5) is 17.1 Å². The Bertz CT molecular complexity index is 3760. The predicted octanol–water partition coefficient (Wildman–Crippen LogP) is 17.4. The lowest BCUT2D eigenvalue weighted by Crippen LogP contribution is -2.16. The minimum absolute atomic E-state index is 0.116. The van der Waals surface area contributed by atoms with Gasteiger partial charge in [-0.1, -0.05) is 178 Å². The first-order chi connectivity index (χ1) is 31.5. The van der Waals surface area contributed by atoms with Crippen LogP contribution in [0.25, 0.3) is 91.8 Å². The predicted molar refractivity (Wildman–Crippen MR) is 274 cm³/mol. The number of para-hydroxylation sites is 3. The van der Waals surface area contributed by atoms with E-state index in [-0.39, 0.29) is 5.41 Å². The van der Waals surface area contributed by atoms with Gasteiger partial charge in [0, 0.05) is 58.9 Å². The van der Waals surface area contributed by atoms with Gasteiger partial charge in [0.15, 0.2) is 0 Å². The van der Waals surface area contributed by atoms with Crippen LogP contribution in [0.5, 0.6) is 0 Å². The van der Waals surface area contributed by atoms with Crippen LogP contribution in [0.2, 0.25) is 0 Å². The molecule has 64 heavy (non-hydrogen) atoms. The molecule has 13 rings (SSSR count). The second-order valence-electron chi connectivity index (χ2n) is 17.7. The summed E-state index contributed by atoms with van der Waals surface area (Å²) in [6.07, 6.45) is 0. The van der Waals surface area contributed by atoms with Crippen LogP contribution in [0.3, 0.4) is 0 Å². The molecule has 2 aromatic heterocycles. The van der Waals surface area contributed by atoms with E-state index in [9.17, 15) is 0 Å². The first-order valence-electron chi connectivity index (χ1n) is 22.2. The van der Waals surface area contributed by atoms with Gasteiger partial charge in [0.2, 0.25) is 0 Å². The standard InChI is InChI=1S/C61H42N2S/c1-61(2)52-20-9-5-19-51(52)59-53(61)21-13-25-57(59)62(43-32-26-39(27-33-43)42-31-36-49-50-37-30-40-14-3-4-16-46(40)60(50)64-58(49)38-42)44-34-28-41(29-35-44)45-15-6-10-22-54(45)63-55-23-11-7-17-47(55)48-18-8-12-24-56(48)63/h3-38H,1-2H3. The normalized spacial score (nSPS) is 13.0. The molecule has 0 spiro atoms. The van der Waals surface area contributed by atoms with Crippen molar-refractivity contribution in [3.05, 3.63) is 230 Å². The quantitative estimate of drug-likeness (QED) is 0.162. The number of nitrogens with zero attached hydrogens (tertiary/aromatic N) is 2. The highest BCUT2D eigenvalue weighted by atomic mass is 32.1. The molecule has 3 heteroatoms. The van der Waals surface area contributed by atoms with Crippen molar-refractivity contribution < 1.29 is 0 Å². The van der Waals surface area contributed by atoms with E-state index >= 15 is 0 Å². The van der Waals surface area contributed by atoms with Crippen molar-refractivity contribution in [2.75, 3.05) is 4.90 Å². The second kappa shape index (κ2) is 14.2. The van der Waals surface area contributed by atoms with Gasteiger partial charge in [0.25, 0.3) is 0 Å². The van der Waals surface area contributed by atoms with E-state index in [1.807, 2.05) is 11.3 Å². The summed E-state index contributed by atoms with van der Waals surface area (Å²) in [6.45, 7) is 4.72. The molecule has 0 bridgehead atoms. The first-order valence-corrected chi connectivity index (χ1v) is 23.0. The minimum Gasteiger partial charge on any atom is -0.310 e. The number of aromatic nitrogens is 1. The zero-order valence-corrected chi connectivity index (χ0v) is 36.4. The van der Waals surface area contributed by atoms with Gasteiger partial charge in [0.05, 0.1) is 22.4 Å². The molecule has 1 aliphatic rings. The van der Waals surface area contributed by atoms with Gasteiger partial charge >= 0.3 is 0 Å². The Morgan fingerprint density at radius 1 is 0.422 bits per heavy atom. The summed E-state index contributed by atoms with van der Waals surface area (Å²) in [6, 6.07) is 80.8. The summed E-state index contributed by atoms with van der Waals surface area (Å²) in [5.74, 6) is 0. The van der Waals surface area contributed by atoms with Gasteiger partial charge in [-0.2, -0.15) is 0 Å². The van der Waals surface area contributed by atoms with Crippen molar-refractivity contribution in [1.82, 2.24) is 4.57 Å². The van der Waals surface area contributed by atoms with Crippen molar-refractivity contribution in [3.8, 4) is 39.1 Å². The summed E-state index contributed by atoms with van der Waals surface area (Å²) in [5.41, 5.74) is 17.0. The number of fused-ring (bicyclic) bond motifs is 11. The fraction of sp³-hybridized carbons (Fsp3) is 0.0492. The summed E-state index contributed by atoms with van der Waals surface area (Å²) in [7, 11) is 0. The van der Waals surface area contributed by atoms with E-state index in [1.54, 1.807) is 0 Å². The number of anilines is 3. The van der Waals surface area contributed by atoms with Crippen LogP contribution in [-0.2, 0) is 5.41 Å². The lowest BCUT2D eigenvalue weighted by molar-refractivity contribution is 0.660. The van der Waals surface area contributed by atoms with Crippen molar-refractivity contribution in [2.45, 2.75) is 19.3 Å². The van der Waals surface area contributed by atoms with Crippen LogP contribution in [0.15, 0.2) is 218 Å². The van der Waals surface area contributed by atoms with Crippen LogP contribution >= 0.6 is 11.3 Å². The molecule has 1 aliphatic carbocycles. The van der Waals surface area contributed by atoms with Crippen LogP contribution < -0.4 is 4.90 Å². The Morgan fingerprint density at radius 3 is 1.75 bits per heavy atom. The SMILES string of the molecule is CC1(C)c2ccccc2-c2c(N(c3ccc(-c4ccc5c(c4)sc4c6ccccc6ccc54)cc3)c3ccc(-c4ccccc4-n4c5ccccc5c5ccccc54)cc3)cccc21. The first kappa shape index (κ1) is 36.9. The van der Waals surface area contributed by atoms with Gasteiger partial charge in [0.1, 0.15) is 0 Å². The average molecular weight is 835 g/mol. The Morgan fingerprint density at radius 2 is 1.00 bits per heavy atom. The van der Waals surface area contributed by atoms with E-state index in [0.717, 1.165) is 11.4 Å². The second-order valence-corrected chi connectivity index (χ2v) is 18.7. The van der Waals surface area contributed by atoms with Crippen LogP contribution in [-0.4, -0.2) is 4.57 Å². The van der Waals surface area contributed by atoms with Gasteiger partial charge in [-0.15, -0.1) is 11.3 Å². The highest BCUT2D eigenvalue weighted by molar-refractivity contribution is 7.26. The fourth-order valence-corrected chi connectivity index (χ4v) is 12.0. The van der Waals surface area contributed by atoms with Crippen molar-refractivity contribution in [3.63, 3.8) is 0 Å². The number of hydrogen-bond donors (Lipinski definition) is 0. The number of thiophene rings is 1. The Kier molecular flexibility index (Phi) is 8.16. The molecule has 2 heterocycles. The molecule has 2 nitrogen and oxygen atoms in total. The van der Waals surface area contributed by atoms with E-state index in [4.69, 9.17) is 0 Å². The lowest BCUT2D eigenvalue weighted by atomic mass is 9.82. The third kappa shape index (κ3) is 5.51. The van der Waals surface area contributed by atoms with E-state index < -0.39 is 0 Å².